The lowest BCUT2D eigenvalue weighted by Gasteiger charge is -2.11. The number of nitrogens with zero attached hydrogens (tertiary/aromatic N) is 1. The Morgan fingerprint density at radius 3 is 2.70 bits per heavy atom. The van der Waals surface area contributed by atoms with Crippen molar-refractivity contribution in [2.45, 2.75) is 46.1 Å². The molecule has 0 aromatic heterocycles. The third-order valence-electron chi connectivity index (χ3n) is 3.08. The van der Waals surface area contributed by atoms with Gasteiger partial charge in [0.1, 0.15) is 5.75 Å². The molecule has 0 aliphatic carbocycles. The average molecular weight is 280 g/mol. The topological polar surface area (TPSA) is 64.4 Å². The van der Waals surface area contributed by atoms with E-state index in [2.05, 4.69) is 12.2 Å². The van der Waals surface area contributed by atoms with Crippen LogP contribution in [0.1, 0.15) is 45.1 Å². The van der Waals surface area contributed by atoms with Gasteiger partial charge in [0.2, 0.25) is 0 Å². The van der Waals surface area contributed by atoms with Crippen molar-refractivity contribution >= 4 is 5.69 Å². The maximum atomic E-state index is 10.8. The molecule has 0 amide bonds. The Balaban J connectivity index is 2.64. The van der Waals surface area contributed by atoms with Crippen molar-refractivity contribution in [1.82, 2.24) is 5.32 Å². The molecule has 1 aromatic carbocycles. The Labute approximate surface area is 120 Å². The molecule has 1 aromatic rings. The quantitative estimate of drug-likeness (QED) is 0.403. The minimum atomic E-state index is -0.375. The summed E-state index contributed by atoms with van der Waals surface area (Å²) in [5.41, 5.74) is 0.952. The van der Waals surface area contributed by atoms with Crippen LogP contribution < -0.4 is 10.1 Å². The molecule has 0 spiro atoms. The molecule has 0 radical (unpaired) electrons. The van der Waals surface area contributed by atoms with Crippen LogP contribution in [0.3, 0.4) is 0 Å². The van der Waals surface area contributed by atoms with Gasteiger partial charge in [0.15, 0.2) is 0 Å². The second-order valence-electron chi connectivity index (χ2n) is 4.74. The molecule has 0 aliphatic heterocycles. The lowest BCUT2D eigenvalue weighted by atomic mass is 10.1. The van der Waals surface area contributed by atoms with Gasteiger partial charge in [-0.3, -0.25) is 10.1 Å². The van der Waals surface area contributed by atoms with E-state index in [-0.39, 0.29) is 10.6 Å². The first kappa shape index (κ1) is 16.4. The normalized spacial score (nSPS) is 10.5. The molecule has 0 atom stereocenters. The van der Waals surface area contributed by atoms with E-state index in [0.29, 0.717) is 13.2 Å². The molecule has 1 rings (SSSR count). The van der Waals surface area contributed by atoms with E-state index in [1.165, 1.54) is 18.9 Å². The predicted molar refractivity (Wildman–Crippen MR) is 80.1 cm³/mol. The van der Waals surface area contributed by atoms with E-state index in [9.17, 15) is 10.1 Å². The first-order valence-electron chi connectivity index (χ1n) is 7.29. The van der Waals surface area contributed by atoms with E-state index in [1.54, 1.807) is 12.1 Å². The molecule has 1 N–H and O–H groups in total. The molecule has 5 nitrogen and oxygen atoms in total. The third-order valence-corrected chi connectivity index (χ3v) is 3.08. The second-order valence-corrected chi connectivity index (χ2v) is 4.74. The number of benzene rings is 1. The minimum Gasteiger partial charge on any atom is -0.493 e. The van der Waals surface area contributed by atoms with Crippen LogP contribution in [0.2, 0.25) is 0 Å². The first-order chi connectivity index (χ1) is 9.69. The highest BCUT2D eigenvalue weighted by Gasteiger charge is 2.11. The van der Waals surface area contributed by atoms with Gasteiger partial charge in [-0.1, -0.05) is 33.1 Å². The minimum absolute atomic E-state index is 0.108. The molecule has 20 heavy (non-hydrogen) atoms. The van der Waals surface area contributed by atoms with E-state index >= 15 is 0 Å². The van der Waals surface area contributed by atoms with Gasteiger partial charge < -0.3 is 10.1 Å². The summed E-state index contributed by atoms with van der Waals surface area (Å²) in [7, 11) is 0. The van der Waals surface area contributed by atoms with Crippen LogP contribution in [0.25, 0.3) is 0 Å². The Bertz CT molecular complexity index is 422. The standard InChI is InChI=1S/C15H24N2O3/c1-3-5-6-7-10-20-15-9-8-14(17(18)19)11-13(15)12-16-4-2/h8-9,11,16H,3-7,10,12H2,1-2H3. The van der Waals surface area contributed by atoms with Crippen LogP contribution in [-0.4, -0.2) is 18.1 Å². The van der Waals surface area contributed by atoms with Gasteiger partial charge in [-0.25, -0.2) is 0 Å². The van der Waals surface area contributed by atoms with Crippen molar-refractivity contribution in [1.29, 1.82) is 0 Å². The summed E-state index contributed by atoms with van der Waals surface area (Å²) >= 11 is 0. The molecule has 0 bridgehead atoms. The second kappa shape index (κ2) is 9.31. The van der Waals surface area contributed by atoms with Gasteiger partial charge in [0.25, 0.3) is 5.69 Å². The first-order valence-corrected chi connectivity index (χ1v) is 7.29. The molecule has 5 heteroatoms. The average Bonchev–Trinajstić information content (AvgIpc) is 2.45. The van der Waals surface area contributed by atoms with Crippen molar-refractivity contribution in [2.75, 3.05) is 13.2 Å². The summed E-state index contributed by atoms with van der Waals surface area (Å²) in [5.74, 6) is 0.744. The third kappa shape index (κ3) is 5.57. The van der Waals surface area contributed by atoms with Crippen LogP contribution in [-0.2, 0) is 6.54 Å². The Morgan fingerprint density at radius 1 is 1.25 bits per heavy atom. The van der Waals surface area contributed by atoms with E-state index < -0.39 is 0 Å². The summed E-state index contributed by atoms with van der Waals surface area (Å²) in [6.07, 6.45) is 4.59. The van der Waals surface area contributed by atoms with Crippen LogP contribution in [0.4, 0.5) is 5.69 Å². The Hall–Kier alpha value is -1.62. The lowest BCUT2D eigenvalue weighted by molar-refractivity contribution is -0.384. The number of unbranched alkanes of at least 4 members (excludes halogenated alkanes) is 3. The largest absolute Gasteiger partial charge is 0.493 e. The van der Waals surface area contributed by atoms with E-state index in [4.69, 9.17) is 4.74 Å². The zero-order chi connectivity index (χ0) is 14.8. The Kier molecular flexibility index (Phi) is 7.65. The zero-order valence-electron chi connectivity index (χ0n) is 12.4. The van der Waals surface area contributed by atoms with E-state index in [1.807, 2.05) is 6.92 Å². The van der Waals surface area contributed by atoms with Gasteiger partial charge >= 0.3 is 0 Å². The zero-order valence-corrected chi connectivity index (χ0v) is 12.4. The lowest BCUT2D eigenvalue weighted by Crippen LogP contribution is -2.13. The van der Waals surface area contributed by atoms with Crippen LogP contribution >= 0.6 is 0 Å². The molecular formula is C15H24N2O3. The van der Waals surface area contributed by atoms with Crippen LogP contribution in [0.15, 0.2) is 18.2 Å². The molecule has 0 saturated heterocycles. The summed E-state index contributed by atoms with van der Waals surface area (Å²) in [6, 6.07) is 4.78. The number of non-ortho nitro benzene ring substituents is 1. The highest BCUT2D eigenvalue weighted by molar-refractivity contribution is 5.43. The van der Waals surface area contributed by atoms with Crippen molar-refractivity contribution < 1.29 is 9.66 Å². The fourth-order valence-electron chi connectivity index (χ4n) is 1.93. The number of rotatable bonds is 10. The molecule has 0 unspecified atom stereocenters. The number of ether oxygens (including phenoxy) is 1. The van der Waals surface area contributed by atoms with Crippen LogP contribution in [0, 0.1) is 10.1 Å². The van der Waals surface area contributed by atoms with Crippen molar-refractivity contribution in [3.8, 4) is 5.75 Å². The molecule has 0 heterocycles. The van der Waals surface area contributed by atoms with Gasteiger partial charge in [0, 0.05) is 24.2 Å². The van der Waals surface area contributed by atoms with Gasteiger partial charge in [-0.05, 0) is 19.0 Å². The van der Waals surface area contributed by atoms with Crippen molar-refractivity contribution in [3.63, 3.8) is 0 Å². The van der Waals surface area contributed by atoms with Gasteiger partial charge in [0.05, 0.1) is 11.5 Å². The van der Waals surface area contributed by atoms with Crippen molar-refractivity contribution in [3.05, 3.63) is 33.9 Å². The van der Waals surface area contributed by atoms with Crippen molar-refractivity contribution in [2.24, 2.45) is 0 Å². The maximum absolute atomic E-state index is 10.8. The summed E-state index contributed by atoms with van der Waals surface area (Å²) < 4.78 is 5.75. The fraction of sp³-hybridized carbons (Fsp3) is 0.600. The smallest absolute Gasteiger partial charge is 0.270 e. The highest BCUT2D eigenvalue weighted by Crippen LogP contribution is 2.24. The summed E-state index contributed by atoms with van der Waals surface area (Å²) in [5, 5.41) is 14.0. The van der Waals surface area contributed by atoms with Gasteiger partial charge in [-0.15, -0.1) is 0 Å². The predicted octanol–water partition coefficient (Wildman–Crippen LogP) is 3.66. The van der Waals surface area contributed by atoms with Gasteiger partial charge in [-0.2, -0.15) is 0 Å². The fourth-order valence-corrected chi connectivity index (χ4v) is 1.93. The SMILES string of the molecule is CCCCCCOc1ccc([N+](=O)[O-])cc1CNCC. The van der Waals surface area contributed by atoms with E-state index in [0.717, 1.165) is 30.7 Å². The molecule has 0 saturated carbocycles. The molecular weight excluding hydrogens is 256 g/mol. The highest BCUT2D eigenvalue weighted by atomic mass is 16.6. The Morgan fingerprint density at radius 2 is 2.05 bits per heavy atom. The molecule has 0 aliphatic rings. The maximum Gasteiger partial charge on any atom is 0.270 e. The molecule has 0 fully saturated rings. The number of hydrogen-bond acceptors (Lipinski definition) is 4. The summed E-state index contributed by atoms with van der Waals surface area (Å²) in [6.45, 7) is 6.24. The summed E-state index contributed by atoms with van der Waals surface area (Å²) in [4.78, 5) is 10.4. The number of nitro benzene ring substituents is 1. The monoisotopic (exact) mass is 280 g/mol. The number of nitrogens with one attached hydrogen (secondary N) is 1. The molecule has 112 valence electrons. The number of hydrogen-bond donors (Lipinski definition) is 1. The van der Waals surface area contributed by atoms with Crippen LogP contribution in [0.5, 0.6) is 5.75 Å². The number of nitro groups is 1.